The van der Waals surface area contributed by atoms with Gasteiger partial charge in [-0.25, -0.2) is 0 Å². The SMILES string of the molecule is COCCCc1noc(C2CCNC2C)n1. The third kappa shape index (κ3) is 2.59. The summed E-state index contributed by atoms with van der Waals surface area (Å²) in [6.45, 7) is 3.94. The molecular formula is C11H19N3O2. The van der Waals surface area contributed by atoms with Crippen molar-refractivity contribution in [2.24, 2.45) is 0 Å². The van der Waals surface area contributed by atoms with E-state index in [1.165, 1.54) is 0 Å². The van der Waals surface area contributed by atoms with Gasteiger partial charge in [0.15, 0.2) is 5.82 Å². The Kier molecular flexibility index (Phi) is 3.90. The summed E-state index contributed by atoms with van der Waals surface area (Å²) in [5.41, 5.74) is 0. The van der Waals surface area contributed by atoms with E-state index in [4.69, 9.17) is 9.26 Å². The second-order valence-electron chi connectivity index (χ2n) is 4.28. The maximum absolute atomic E-state index is 5.31. The Morgan fingerprint density at radius 3 is 3.12 bits per heavy atom. The molecule has 0 bridgehead atoms. The minimum Gasteiger partial charge on any atom is -0.385 e. The lowest BCUT2D eigenvalue weighted by Crippen LogP contribution is -2.21. The quantitative estimate of drug-likeness (QED) is 0.761. The van der Waals surface area contributed by atoms with Gasteiger partial charge in [-0.3, -0.25) is 0 Å². The third-order valence-electron chi connectivity index (χ3n) is 3.08. The lowest BCUT2D eigenvalue weighted by molar-refractivity contribution is 0.194. The highest BCUT2D eigenvalue weighted by molar-refractivity contribution is 5.02. The molecular weight excluding hydrogens is 206 g/mol. The summed E-state index contributed by atoms with van der Waals surface area (Å²) in [6, 6.07) is 0.437. The standard InChI is InChI=1S/C11H19N3O2/c1-8-9(5-6-12-8)11-13-10(14-16-11)4-3-7-15-2/h8-9,12H,3-7H2,1-2H3. The van der Waals surface area contributed by atoms with E-state index in [9.17, 15) is 0 Å². The number of ether oxygens (including phenoxy) is 1. The molecule has 1 saturated heterocycles. The maximum atomic E-state index is 5.31. The lowest BCUT2D eigenvalue weighted by atomic mass is 10.0. The highest BCUT2D eigenvalue weighted by Gasteiger charge is 2.29. The number of aromatic nitrogens is 2. The van der Waals surface area contributed by atoms with Crippen LogP contribution in [0.5, 0.6) is 0 Å². The minimum atomic E-state index is 0.378. The van der Waals surface area contributed by atoms with Crippen LogP contribution in [0.4, 0.5) is 0 Å². The van der Waals surface area contributed by atoms with Gasteiger partial charge in [-0.2, -0.15) is 4.98 Å². The van der Waals surface area contributed by atoms with Crippen molar-refractivity contribution in [3.05, 3.63) is 11.7 Å². The van der Waals surface area contributed by atoms with E-state index in [-0.39, 0.29) is 0 Å². The average Bonchev–Trinajstić information content (AvgIpc) is 2.87. The first-order chi connectivity index (χ1) is 7.81. The van der Waals surface area contributed by atoms with Crippen molar-refractivity contribution in [1.82, 2.24) is 15.5 Å². The lowest BCUT2D eigenvalue weighted by Gasteiger charge is -2.08. The van der Waals surface area contributed by atoms with Crippen LogP contribution >= 0.6 is 0 Å². The number of nitrogens with one attached hydrogen (secondary N) is 1. The van der Waals surface area contributed by atoms with Gasteiger partial charge in [0.25, 0.3) is 0 Å². The third-order valence-corrected chi connectivity index (χ3v) is 3.08. The molecule has 1 fully saturated rings. The van der Waals surface area contributed by atoms with Gasteiger partial charge < -0.3 is 14.6 Å². The predicted molar refractivity (Wildman–Crippen MR) is 59.3 cm³/mol. The highest BCUT2D eigenvalue weighted by Crippen LogP contribution is 2.25. The van der Waals surface area contributed by atoms with E-state index in [0.29, 0.717) is 12.0 Å². The number of hydrogen-bond acceptors (Lipinski definition) is 5. The molecule has 2 unspecified atom stereocenters. The number of nitrogens with zero attached hydrogens (tertiary/aromatic N) is 2. The molecule has 1 aliphatic rings. The van der Waals surface area contributed by atoms with Crippen molar-refractivity contribution in [1.29, 1.82) is 0 Å². The van der Waals surface area contributed by atoms with E-state index in [1.54, 1.807) is 7.11 Å². The topological polar surface area (TPSA) is 60.2 Å². The Labute approximate surface area is 95.6 Å². The molecule has 0 radical (unpaired) electrons. The van der Waals surface area contributed by atoms with Gasteiger partial charge in [-0.05, 0) is 26.3 Å². The Morgan fingerprint density at radius 2 is 2.44 bits per heavy atom. The molecule has 1 aromatic rings. The van der Waals surface area contributed by atoms with E-state index >= 15 is 0 Å². The van der Waals surface area contributed by atoms with Crippen LogP contribution in [-0.2, 0) is 11.2 Å². The smallest absolute Gasteiger partial charge is 0.231 e. The molecule has 1 aliphatic heterocycles. The monoisotopic (exact) mass is 225 g/mol. The van der Waals surface area contributed by atoms with Gasteiger partial charge in [-0.1, -0.05) is 5.16 Å². The van der Waals surface area contributed by atoms with Crippen LogP contribution in [0.25, 0.3) is 0 Å². The second kappa shape index (κ2) is 5.41. The molecule has 90 valence electrons. The molecule has 5 nitrogen and oxygen atoms in total. The molecule has 5 heteroatoms. The fourth-order valence-corrected chi connectivity index (χ4v) is 2.09. The molecule has 1 N–H and O–H groups in total. The molecule has 16 heavy (non-hydrogen) atoms. The molecule has 1 aromatic heterocycles. The first kappa shape index (κ1) is 11.5. The van der Waals surface area contributed by atoms with Crippen molar-refractivity contribution in [2.75, 3.05) is 20.3 Å². The number of methoxy groups -OCH3 is 1. The molecule has 2 heterocycles. The van der Waals surface area contributed by atoms with Crippen LogP contribution in [0.15, 0.2) is 4.52 Å². The summed E-state index contributed by atoms with van der Waals surface area (Å²) in [5.74, 6) is 1.96. The first-order valence-corrected chi connectivity index (χ1v) is 5.86. The second-order valence-corrected chi connectivity index (χ2v) is 4.28. The van der Waals surface area contributed by atoms with Gasteiger partial charge in [0.05, 0.1) is 5.92 Å². The van der Waals surface area contributed by atoms with Gasteiger partial charge in [0.2, 0.25) is 5.89 Å². The van der Waals surface area contributed by atoms with E-state index < -0.39 is 0 Å². The fourth-order valence-electron chi connectivity index (χ4n) is 2.09. The molecule has 2 rings (SSSR count). The normalized spacial score (nSPS) is 25.1. The van der Waals surface area contributed by atoms with Crippen LogP contribution in [0.1, 0.15) is 37.4 Å². The Bertz CT molecular complexity index is 327. The molecule has 0 aliphatic carbocycles. The summed E-state index contributed by atoms with van der Waals surface area (Å²) in [4.78, 5) is 4.44. The summed E-state index contributed by atoms with van der Waals surface area (Å²) in [6.07, 6.45) is 2.85. The van der Waals surface area contributed by atoms with Gasteiger partial charge in [0, 0.05) is 26.2 Å². The Balaban J connectivity index is 1.91. The van der Waals surface area contributed by atoms with E-state index in [0.717, 1.165) is 44.1 Å². The molecule has 0 saturated carbocycles. The van der Waals surface area contributed by atoms with Crippen LogP contribution in [0.3, 0.4) is 0 Å². The number of hydrogen-bond donors (Lipinski definition) is 1. The zero-order valence-electron chi connectivity index (χ0n) is 9.90. The number of rotatable bonds is 5. The predicted octanol–water partition coefficient (Wildman–Crippen LogP) is 1.11. The first-order valence-electron chi connectivity index (χ1n) is 5.86. The van der Waals surface area contributed by atoms with Gasteiger partial charge in [-0.15, -0.1) is 0 Å². The van der Waals surface area contributed by atoms with Crippen LogP contribution in [-0.4, -0.2) is 36.4 Å². The zero-order chi connectivity index (χ0) is 11.4. The summed E-state index contributed by atoms with van der Waals surface area (Å²) >= 11 is 0. The fraction of sp³-hybridized carbons (Fsp3) is 0.818. The van der Waals surface area contributed by atoms with Crippen LogP contribution in [0, 0.1) is 0 Å². The van der Waals surface area contributed by atoms with Crippen molar-refractivity contribution in [3.8, 4) is 0 Å². The van der Waals surface area contributed by atoms with Crippen LogP contribution < -0.4 is 5.32 Å². The van der Waals surface area contributed by atoms with Gasteiger partial charge >= 0.3 is 0 Å². The molecule has 0 aromatic carbocycles. The maximum Gasteiger partial charge on any atom is 0.231 e. The zero-order valence-corrected chi connectivity index (χ0v) is 9.90. The van der Waals surface area contributed by atoms with E-state index in [1.807, 2.05) is 0 Å². The minimum absolute atomic E-state index is 0.378. The van der Waals surface area contributed by atoms with Crippen molar-refractivity contribution >= 4 is 0 Å². The number of aryl methyl sites for hydroxylation is 1. The summed E-state index contributed by atoms with van der Waals surface area (Å²) < 4.78 is 10.3. The molecule has 0 amide bonds. The van der Waals surface area contributed by atoms with Crippen molar-refractivity contribution < 1.29 is 9.26 Å². The molecule has 2 atom stereocenters. The summed E-state index contributed by atoms with van der Waals surface area (Å²) in [7, 11) is 1.70. The van der Waals surface area contributed by atoms with E-state index in [2.05, 4.69) is 22.4 Å². The Morgan fingerprint density at radius 1 is 1.56 bits per heavy atom. The van der Waals surface area contributed by atoms with Crippen LogP contribution in [0.2, 0.25) is 0 Å². The Hall–Kier alpha value is -0.940. The largest absolute Gasteiger partial charge is 0.385 e. The molecule has 0 spiro atoms. The van der Waals surface area contributed by atoms with Gasteiger partial charge in [0.1, 0.15) is 0 Å². The van der Waals surface area contributed by atoms with Crippen molar-refractivity contribution in [3.63, 3.8) is 0 Å². The highest BCUT2D eigenvalue weighted by atomic mass is 16.5. The van der Waals surface area contributed by atoms with Crippen molar-refractivity contribution in [2.45, 2.75) is 38.1 Å². The average molecular weight is 225 g/mol. The summed E-state index contributed by atoms with van der Waals surface area (Å²) in [5, 5.41) is 7.38.